The molecule has 37 heavy (non-hydrogen) atoms. The molecule has 0 N–H and O–H groups in total. The predicted molar refractivity (Wildman–Crippen MR) is 135 cm³/mol. The summed E-state index contributed by atoms with van der Waals surface area (Å²) in [6.45, 7) is 2.88. The minimum absolute atomic E-state index is 0.0742. The van der Waals surface area contributed by atoms with E-state index >= 15 is 0 Å². The van der Waals surface area contributed by atoms with Gasteiger partial charge in [0.1, 0.15) is 23.9 Å². The Labute approximate surface area is 217 Å². The van der Waals surface area contributed by atoms with Gasteiger partial charge in [-0.2, -0.15) is 0 Å². The van der Waals surface area contributed by atoms with Crippen LogP contribution in [0.4, 0.5) is 0 Å². The zero-order valence-electron chi connectivity index (χ0n) is 21.5. The van der Waals surface area contributed by atoms with Crippen LogP contribution in [-0.4, -0.2) is 70.5 Å². The van der Waals surface area contributed by atoms with E-state index in [2.05, 4.69) is 4.90 Å². The number of hydrogen-bond acceptors (Lipinski definition) is 9. The number of carbonyl (C=O) groups is 2. The second kappa shape index (κ2) is 13.3. The Morgan fingerprint density at radius 2 is 1.70 bits per heavy atom. The van der Waals surface area contributed by atoms with Gasteiger partial charge in [0.05, 0.1) is 26.9 Å². The number of Topliss-reactive ketones (excluding diaryl/α,β-unsaturated/α-hetero) is 1. The number of ether oxygens (including phenoxy) is 6. The topological polar surface area (TPSA) is 92.8 Å². The molecule has 0 radical (unpaired) electrons. The summed E-state index contributed by atoms with van der Waals surface area (Å²) in [6.07, 6.45) is 2.33. The largest absolute Gasteiger partial charge is 0.497 e. The number of hydrogen-bond donors (Lipinski definition) is 0. The lowest BCUT2D eigenvalue weighted by Crippen LogP contribution is -2.33. The molecule has 2 aliphatic heterocycles. The third-order valence-corrected chi connectivity index (χ3v) is 6.65. The molecule has 2 aromatic carbocycles. The molecular formula is C28H35NO8. The molecule has 0 saturated carbocycles. The molecule has 1 fully saturated rings. The third-order valence-electron chi connectivity index (χ3n) is 6.65. The fourth-order valence-corrected chi connectivity index (χ4v) is 4.72. The van der Waals surface area contributed by atoms with Crippen LogP contribution in [0.3, 0.4) is 0 Å². The summed E-state index contributed by atoms with van der Waals surface area (Å²) in [4.78, 5) is 27.4. The second-order valence-corrected chi connectivity index (χ2v) is 9.21. The summed E-state index contributed by atoms with van der Waals surface area (Å²) < 4.78 is 32.9. The summed E-state index contributed by atoms with van der Waals surface area (Å²) in [7, 11) is 2.94. The molecule has 0 aromatic heterocycles. The number of methoxy groups -OCH3 is 2. The Morgan fingerprint density at radius 1 is 0.973 bits per heavy atom. The van der Waals surface area contributed by atoms with Crippen LogP contribution in [0, 0.1) is 5.92 Å². The van der Waals surface area contributed by atoms with E-state index in [9.17, 15) is 9.59 Å². The second-order valence-electron chi connectivity index (χ2n) is 9.21. The van der Waals surface area contributed by atoms with Crippen molar-refractivity contribution in [3.63, 3.8) is 0 Å². The highest BCUT2D eigenvalue weighted by molar-refractivity contribution is 5.79. The Bertz CT molecular complexity index is 1030. The molecule has 2 heterocycles. The molecule has 0 unspecified atom stereocenters. The number of ketones is 1. The Hall–Kier alpha value is -3.30. The minimum Gasteiger partial charge on any atom is -0.497 e. The van der Waals surface area contributed by atoms with Gasteiger partial charge in [0, 0.05) is 25.3 Å². The lowest BCUT2D eigenvalue weighted by molar-refractivity contribution is -0.149. The Kier molecular flexibility index (Phi) is 9.62. The van der Waals surface area contributed by atoms with Crippen molar-refractivity contribution in [3.05, 3.63) is 48.0 Å². The summed E-state index contributed by atoms with van der Waals surface area (Å²) >= 11 is 0. The maximum atomic E-state index is 13.1. The maximum Gasteiger partial charge on any atom is 0.331 e. The lowest BCUT2D eigenvalue weighted by Gasteiger charge is -2.30. The van der Waals surface area contributed by atoms with Crippen molar-refractivity contribution in [2.24, 2.45) is 5.92 Å². The molecule has 200 valence electrons. The summed E-state index contributed by atoms with van der Waals surface area (Å²) in [5, 5.41) is 0. The minimum atomic E-state index is -0.499. The van der Waals surface area contributed by atoms with E-state index in [0.29, 0.717) is 30.2 Å². The normalized spacial score (nSPS) is 16.3. The molecule has 2 aliphatic rings. The van der Waals surface area contributed by atoms with Gasteiger partial charge >= 0.3 is 5.97 Å². The highest BCUT2D eigenvalue weighted by Gasteiger charge is 2.31. The molecule has 4 rings (SSSR count). The standard InChI is InChI=1S/C28H35NO8/c1-32-23-6-8-24(9-7-23)34-14-11-22(30)15-21(17-29-12-3-4-13-29)28(35-18-27(31)33-2)20-5-10-25-26(16-20)37-19-36-25/h5-10,16,21,28H,3-4,11-15,17-19H2,1-2H3/t21-,28-/m1/s1. The molecule has 1 saturated heterocycles. The van der Waals surface area contributed by atoms with Crippen LogP contribution < -0.4 is 18.9 Å². The van der Waals surface area contributed by atoms with Gasteiger partial charge in [-0.3, -0.25) is 4.79 Å². The van der Waals surface area contributed by atoms with Crippen LogP contribution in [0.1, 0.15) is 37.4 Å². The molecule has 9 heteroatoms. The first-order valence-electron chi connectivity index (χ1n) is 12.6. The van der Waals surface area contributed by atoms with Gasteiger partial charge in [-0.1, -0.05) is 6.07 Å². The summed E-state index contributed by atoms with van der Waals surface area (Å²) in [5.41, 5.74) is 0.833. The first-order chi connectivity index (χ1) is 18.1. The molecule has 0 bridgehead atoms. The Morgan fingerprint density at radius 3 is 2.43 bits per heavy atom. The van der Waals surface area contributed by atoms with Crippen LogP contribution in [-0.2, 0) is 19.1 Å². The van der Waals surface area contributed by atoms with Crippen molar-refractivity contribution in [2.45, 2.75) is 31.8 Å². The summed E-state index contributed by atoms with van der Waals surface area (Å²) in [6, 6.07) is 12.9. The van der Waals surface area contributed by atoms with Crippen molar-refractivity contribution in [1.82, 2.24) is 4.90 Å². The van der Waals surface area contributed by atoms with Gasteiger partial charge in [0.25, 0.3) is 0 Å². The highest BCUT2D eigenvalue weighted by Crippen LogP contribution is 2.38. The number of esters is 1. The molecule has 2 atom stereocenters. The number of carbonyl (C=O) groups excluding carboxylic acids is 2. The van der Waals surface area contributed by atoms with E-state index in [1.165, 1.54) is 7.11 Å². The van der Waals surface area contributed by atoms with Gasteiger partial charge in [-0.15, -0.1) is 0 Å². The van der Waals surface area contributed by atoms with Gasteiger partial charge in [0.15, 0.2) is 11.5 Å². The first-order valence-corrected chi connectivity index (χ1v) is 12.6. The Balaban J connectivity index is 1.46. The zero-order valence-corrected chi connectivity index (χ0v) is 21.5. The van der Waals surface area contributed by atoms with E-state index in [1.807, 2.05) is 42.5 Å². The van der Waals surface area contributed by atoms with Crippen LogP contribution in [0.25, 0.3) is 0 Å². The maximum absolute atomic E-state index is 13.1. The van der Waals surface area contributed by atoms with Gasteiger partial charge in [-0.25, -0.2) is 4.79 Å². The average molecular weight is 514 g/mol. The number of fused-ring (bicyclic) bond motifs is 1. The highest BCUT2D eigenvalue weighted by atomic mass is 16.7. The van der Waals surface area contributed by atoms with Crippen LogP contribution in [0.2, 0.25) is 0 Å². The predicted octanol–water partition coefficient (Wildman–Crippen LogP) is 3.79. The number of benzene rings is 2. The van der Waals surface area contributed by atoms with Crippen molar-refractivity contribution in [2.75, 3.05) is 53.9 Å². The van der Waals surface area contributed by atoms with E-state index in [-0.39, 0.29) is 38.1 Å². The molecule has 0 amide bonds. The summed E-state index contributed by atoms with van der Waals surface area (Å²) in [5.74, 6) is 2.16. The first kappa shape index (κ1) is 26.8. The smallest absolute Gasteiger partial charge is 0.331 e. The fourth-order valence-electron chi connectivity index (χ4n) is 4.72. The van der Waals surface area contributed by atoms with Crippen molar-refractivity contribution < 1.29 is 38.0 Å². The van der Waals surface area contributed by atoms with Crippen LogP contribution >= 0.6 is 0 Å². The lowest BCUT2D eigenvalue weighted by atomic mass is 9.89. The fraction of sp³-hybridized carbons (Fsp3) is 0.500. The molecule has 0 spiro atoms. The molecule has 2 aromatic rings. The number of likely N-dealkylation sites (tertiary alicyclic amines) is 1. The number of rotatable bonds is 14. The third kappa shape index (κ3) is 7.60. The van der Waals surface area contributed by atoms with E-state index < -0.39 is 12.1 Å². The van der Waals surface area contributed by atoms with E-state index in [0.717, 1.165) is 37.2 Å². The van der Waals surface area contributed by atoms with E-state index in [4.69, 9.17) is 28.4 Å². The van der Waals surface area contributed by atoms with E-state index in [1.54, 1.807) is 7.11 Å². The molecule has 0 aliphatic carbocycles. The SMILES string of the molecule is COC(=O)CO[C@H](c1ccc2c(c1)OCO2)[C@H](CC(=O)CCOc1ccc(OC)cc1)CN1CCCC1. The van der Waals surface area contributed by atoms with Crippen molar-refractivity contribution in [3.8, 4) is 23.0 Å². The monoisotopic (exact) mass is 513 g/mol. The van der Waals surface area contributed by atoms with Crippen LogP contribution in [0.5, 0.6) is 23.0 Å². The van der Waals surface area contributed by atoms with Gasteiger partial charge in [0.2, 0.25) is 6.79 Å². The van der Waals surface area contributed by atoms with Crippen molar-refractivity contribution >= 4 is 11.8 Å². The van der Waals surface area contributed by atoms with Gasteiger partial charge in [-0.05, 0) is 67.9 Å². The van der Waals surface area contributed by atoms with Gasteiger partial charge < -0.3 is 33.3 Å². The average Bonchev–Trinajstić information content (AvgIpc) is 3.60. The number of nitrogens with zero attached hydrogens (tertiary/aromatic N) is 1. The molecular weight excluding hydrogens is 478 g/mol. The zero-order chi connectivity index (χ0) is 26.0. The quantitative estimate of drug-likeness (QED) is 0.350. The van der Waals surface area contributed by atoms with Crippen LogP contribution in [0.15, 0.2) is 42.5 Å². The van der Waals surface area contributed by atoms with Crippen molar-refractivity contribution in [1.29, 1.82) is 0 Å². The molecule has 9 nitrogen and oxygen atoms in total.